The summed E-state index contributed by atoms with van der Waals surface area (Å²) in [4.78, 5) is 45.9. The lowest BCUT2D eigenvalue weighted by Gasteiger charge is -2.30. The van der Waals surface area contributed by atoms with Gasteiger partial charge in [-0.25, -0.2) is 18.2 Å². The van der Waals surface area contributed by atoms with Gasteiger partial charge in [0.1, 0.15) is 6.04 Å². The number of halogens is 3. The number of rotatable bonds is 8. The molecule has 2 amide bonds. The Bertz CT molecular complexity index is 1560. The van der Waals surface area contributed by atoms with Crippen molar-refractivity contribution in [1.82, 2.24) is 20.2 Å². The van der Waals surface area contributed by atoms with Gasteiger partial charge in [-0.05, 0) is 60.7 Å². The molecule has 1 aliphatic rings. The van der Waals surface area contributed by atoms with Crippen molar-refractivity contribution in [1.29, 1.82) is 0 Å². The minimum absolute atomic E-state index is 0.0209. The van der Waals surface area contributed by atoms with Gasteiger partial charge >= 0.3 is 5.97 Å². The number of carboxylic acids is 1. The minimum Gasteiger partial charge on any atom is -0.480 e. The first-order valence-electron chi connectivity index (χ1n) is 11.7. The summed E-state index contributed by atoms with van der Waals surface area (Å²) in [5, 5.41) is 12.5. The summed E-state index contributed by atoms with van der Waals surface area (Å²) in [5.74, 6) is -2.23. The Morgan fingerprint density at radius 3 is 2.49 bits per heavy atom. The van der Waals surface area contributed by atoms with Gasteiger partial charge in [0.25, 0.3) is 11.8 Å². The molecule has 2 heterocycles. The van der Waals surface area contributed by atoms with Crippen LogP contribution in [0.15, 0.2) is 41.7 Å². The maximum absolute atomic E-state index is 13.1. The Kier molecular flexibility index (Phi) is 8.55. The highest BCUT2D eigenvalue weighted by molar-refractivity contribution is 7.90. The van der Waals surface area contributed by atoms with Gasteiger partial charge in [-0.1, -0.05) is 34.8 Å². The molecule has 0 unspecified atom stereocenters. The van der Waals surface area contributed by atoms with Crippen molar-refractivity contribution in [3.8, 4) is 0 Å². The molecule has 0 fully saturated rings. The Morgan fingerprint density at radius 1 is 1.18 bits per heavy atom. The molecule has 1 aromatic heterocycles. The fourth-order valence-corrected chi connectivity index (χ4v) is 5.70. The normalized spacial score (nSPS) is 14.0. The Balaban J connectivity index is 1.48. The fourth-order valence-electron chi connectivity index (χ4n) is 4.25. The number of carboxylic acid groups (broad SMARTS) is 1. The summed E-state index contributed by atoms with van der Waals surface area (Å²) >= 11 is 18.9. The van der Waals surface area contributed by atoms with Crippen molar-refractivity contribution in [2.24, 2.45) is 0 Å². The summed E-state index contributed by atoms with van der Waals surface area (Å²) in [7, 11) is -3.54. The van der Waals surface area contributed by atoms with Crippen LogP contribution in [0.3, 0.4) is 0 Å². The predicted molar refractivity (Wildman–Crippen MR) is 145 cm³/mol. The van der Waals surface area contributed by atoms with E-state index in [-0.39, 0.29) is 46.1 Å². The monoisotopic (exact) mass is 612 g/mol. The van der Waals surface area contributed by atoms with Gasteiger partial charge in [-0.2, -0.15) is 0 Å². The van der Waals surface area contributed by atoms with Crippen LogP contribution in [0.5, 0.6) is 0 Å². The number of aryl methyl sites for hydroxylation is 1. The second-order valence-electron chi connectivity index (χ2n) is 9.06. The number of aromatic amines is 1. The fraction of sp³-hybridized carbons (Fsp3) is 0.280. The van der Waals surface area contributed by atoms with Crippen molar-refractivity contribution < 1.29 is 27.9 Å². The highest BCUT2D eigenvalue weighted by Gasteiger charge is 2.29. The zero-order chi connectivity index (χ0) is 28.5. The number of imidazole rings is 1. The van der Waals surface area contributed by atoms with Crippen molar-refractivity contribution >= 4 is 62.4 Å². The van der Waals surface area contributed by atoms with Crippen LogP contribution >= 0.6 is 34.8 Å². The number of aliphatic carboxylic acids is 1. The van der Waals surface area contributed by atoms with E-state index in [2.05, 4.69) is 15.3 Å². The standard InChI is InChI=1S/C25H23Cl3N4O6S/c1-39(37,38)25-29-11-16(30-25)6-7-19(24(35)36)31-22(33)20-18(27)10-14-12-32(9-8-17(14)21(20)28)23(34)13-2-4-15(26)5-3-13/h2-5,10-11,19H,6-9,12H2,1H3,(H,29,30)(H,31,33)(H,35,36)/t19-/m0/s1. The molecule has 0 aliphatic carbocycles. The van der Waals surface area contributed by atoms with Crippen LogP contribution in [-0.2, 0) is 34.0 Å². The second-order valence-corrected chi connectivity index (χ2v) is 12.2. The van der Waals surface area contributed by atoms with Crippen molar-refractivity contribution in [2.75, 3.05) is 12.8 Å². The van der Waals surface area contributed by atoms with Crippen LogP contribution in [0.2, 0.25) is 15.1 Å². The molecule has 0 saturated carbocycles. The maximum Gasteiger partial charge on any atom is 0.326 e. The van der Waals surface area contributed by atoms with Crippen LogP contribution in [0, 0.1) is 0 Å². The third kappa shape index (κ3) is 6.55. The number of aromatic nitrogens is 2. The quantitative estimate of drug-likeness (QED) is 0.350. The second kappa shape index (κ2) is 11.5. The Hall–Kier alpha value is -3.12. The number of benzene rings is 2. The number of carbonyl (C=O) groups is 3. The molecular formula is C25H23Cl3N4O6S. The molecule has 206 valence electrons. The van der Waals surface area contributed by atoms with Crippen molar-refractivity contribution in [3.63, 3.8) is 0 Å². The molecule has 1 atom stereocenters. The predicted octanol–water partition coefficient (Wildman–Crippen LogP) is 3.79. The lowest BCUT2D eigenvalue weighted by atomic mass is 9.95. The van der Waals surface area contributed by atoms with E-state index in [1.807, 2.05) is 0 Å². The van der Waals surface area contributed by atoms with E-state index in [4.69, 9.17) is 34.8 Å². The van der Waals surface area contributed by atoms with Gasteiger partial charge in [-0.15, -0.1) is 0 Å². The van der Waals surface area contributed by atoms with Gasteiger partial charge < -0.3 is 20.3 Å². The molecule has 0 radical (unpaired) electrons. The number of amides is 2. The first-order valence-corrected chi connectivity index (χ1v) is 14.7. The van der Waals surface area contributed by atoms with Gasteiger partial charge in [0.15, 0.2) is 0 Å². The summed E-state index contributed by atoms with van der Waals surface area (Å²) in [6.45, 7) is 0.587. The van der Waals surface area contributed by atoms with E-state index in [0.29, 0.717) is 40.4 Å². The van der Waals surface area contributed by atoms with Crippen molar-refractivity contribution in [2.45, 2.75) is 37.0 Å². The zero-order valence-electron chi connectivity index (χ0n) is 20.5. The maximum atomic E-state index is 13.1. The van der Waals surface area contributed by atoms with E-state index in [9.17, 15) is 27.9 Å². The van der Waals surface area contributed by atoms with Gasteiger partial charge in [0.2, 0.25) is 15.0 Å². The largest absolute Gasteiger partial charge is 0.480 e. The SMILES string of the molecule is CS(=O)(=O)c1ncc(CC[C@H](NC(=O)c2c(Cl)cc3c(c2Cl)CCN(C(=O)c2ccc(Cl)cc2)C3)C(=O)O)[nH]1. The minimum atomic E-state index is -3.54. The van der Waals surface area contributed by atoms with E-state index in [0.717, 1.165) is 6.26 Å². The molecule has 39 heavy (non-hydrogen) atoms. The number of hydrogen-bond acceptors (Lipinski definition) is 6. The molecule has 1 aliphatic heterocycles. The molecule has 3 N–H and O–H groups in total. The van der Waals surface area contributed by atoms with Crippen molar-refractivity contribution in [3.05, 3.63) is 79.5 Å². The Labute approximate surface area is 239 Å². The number of sulfone groups is 1. The molecule has 10 nitrogen and oxygen atoms in total. The van der Waals surface area contributed by atoms with E-state index >= 15 is 0 Å². The topological polar surface area (TPSA) is 150 Å². The van der Waals surface area contributed by atoms with Crippen LogP contribution in [0.4, 0.5) is 0 Å². The highest BCUT2D eigenvalue weighted by Crippen LogP contribution is 2.35. The molecule has 0 saturated heterocycles. The highest BCUT2D eigenvalue weighted by atomic mass is 35.5. The number of fused-ring (bicyclic) bond motifs is 1. The molecular weight excluding hydrogens is 591 g/mol. The lowest BCUT2D eigenvalue weighted by Crippen LogP contribution is -2.41. The van der Waals surface area contributed by atoms with Gasteiger partial charge in [0.05, 0.1) is 15.6 Å². The van der Waals surface area contributed by atoms with Crippen LogP contribution in [0.1, 0.15) is 44.0 Å². The summed E-state index contributed by atoms with van der Waals surface area (Å²) in [6, 6.07) is 6.81. The van der Waals surface area contributed by atoms with Gasteiger partial charge in [0, 0.05) is 41.8 Å². The Morgan fingerprint density at radius 2 is 1.87 bits per heavy atom. The molecule has 0 spiro atoms. The lowest BCUT2D eigenvalue weighted by molar-refractivity contribution is -0.139. The summed E-state index contributed by atoms with van der Waals surface area (Å²) < 4.78 is 23.2. The van der Waals surface area contributed by atoms with Gasteiger partial charge in [-0.3, -0.25) is 9.59 Å². The van der Waals surface area contributed by atoms with E-state index in [1.165, 1.54) is 6.20 Å². The third-order valence-electron chi connectivity index (χ3n) is 6.27. The molecule has 0 bridgehead atoms. The third-order valence-corrected chi connectivity index (χ3v) is 8.15. The van der Waals surface area contributed by atoms with E-state index in [1.54, 1.807) is 35.2 Å². The van der Waals surface area contributed by atoms with Crippen LogP contribution in [0.25, 0.3) is 0 Å². The first kappa shape index (κ1) is 28.9. The first-order chi connectivity index (χ1) is 18.3. The summed E-state index contributed by atoms with van der Waals surface area (Å²) in [5.41, 5.74) is 2.17. The van der Waals surface area contributed by atoms with Crippen LogP contribution < -0.4 is 5.32 Å². The van der Waals surface area contributed by atoms with E-state index < -0.39 is 27.8 Å². The zero-order valence-corrected chi connectivity index (χ0v) is 23.6. The smallest absolute Gasteiger partial charge is 0.326 e. The summed E-state index contributed by atoms with van der Waals surface area (Å²) in [6.07, 6.45) is 2.74. The molecule has 2 aromatic carbocycles. The average molecular weight is 614 g/mol. The number of carbonyl (C=O) groups excluding carboxylic acids is 2. The number of nitrogens with zero attached hydrogens (tertiary/aromatic N) is 2. The average Bonchev–Trinajstić information content (AvgIpc) is 3.36. The molecule has 3 aromatic rings. The number of nitrogens with one attached hydrogen (secondary N) is 2. The molecule has 4 rings (SSSR count). The number of H-pyrrole nitrogens is 1. The molecule has 14 heteroatoms. The number of hydrogen-bond donors (Lipinski definition) is 3. The van der Waals surface area contributed by atoms with Crippen LogP contribution in [-0.4, -0.2) is 65.0 Å².